The average molecular weight is 263 g/mol. The zero-order chi connectivity index (χ0) is 13.0. The molecule has 0 aromatic heterocycles. The molecule has 1 aliphatic rings. The number of carbonyl (C=O) groups is 1. The van der Waals surface area contributed by atoms with Gasteiger partial charge in [0.2, 0.25) is 5.91 Å². The largest absolute Gasteiger partial charge is 0.354 e. The first kappa shape index (κ1) is 13.5. The van der Waals surface area contributed by atoms with Crippen LogP contribution in [-0.4, -0.2) is 23.5 Å². The van der Waals surface area contributed by atoms with E-state index in [9.17, 15) is 4.79 Å². The zero-order valence-corrected chi connectivity index (χ0v) is 11.9. The molecule has 18 heavy (non-hydrogen) atoms. The Balaban J connectivity index is 1.94. The second-order valence-corrected chi connectivity index (χ2v) is 6.74. The predicted octanol–water partition coefficient (Wildman–Crippen LogP) is 2.98. The predicted molar refractivity (Wildman–Crippen MR) is 78.0 cm³/mol. The maximum absolute atomic E-state index is 12.3. The minimum atomic E-state index is -0.454. The molecule has 1 amide bonds. The van der Waals surface area contributed by atoms with E-state index in [1.54, 1.807) is 0 Å². The van der Waals surface area contributed by atoms with Crippen molar-refractivity contribution in [2.24, 2.45) is 0 Å². The van der Waals surface area contributed by atoms with Crippen LogP contribution in [-0.2, 0) is 10.2 Å². The van der Waals surface area contributed by atoms with Gasteiger partial charge in [0.05, 0.1) is 5.41 Å². The number of nitrogens with one attached hydrogen (secondary N) is 1. The molecule has 2 nitrogen and oxygen atoms in total. The van der Waals surface area contributed by atoms with Crippen LogP contribution in [0.25, 0.3) is 0 Å². The van der Waals surface area contributed by atoms with E-state index in [4.69, 9.17) is 0 Å². The lowest BCUT2D eigenvalue weighted by atomic mass is 9.84. The van der Waals surface area contributed by atoms with Crippen molar-refractivity contribution in [3.8, 4) is 0 Å². The van der Waals surface area contributed by atoms with Crippen LogP contribution in [0.15, 0.2) is 30.3 Å². The van der Waals surface area contributed by atoms with Crippen molar-refractivity contribution in [2.75, 3.05) is 12.3 Å². The van der Waals surface area contributed by atoms with Crippen molar-refractivity contribution in [1.29, 1.82) is 0 Å². The highest BCUT2D eigenvalue weighted by atomic mass is 32.2. The molecule has 1 saturated heterocycles. The van der Waals surface area contributed by atoms with Gasteiger partial charge >= 0.3 is 0 Å². The van der Waals surface area contributed by atoms with Crippen LogP contribution >= 0.6 is 11.8 Å². The summed E-state index contributed by atoms with van der Waals surface area (Å²) in [7, 11) is 0. The lowest BCUT2D eigenvalue weighted by molar-refractivity contribution is -0.125. The van der Waals surface area contributed by atoms with Gasteiger partial charge in [0.1, 0.15) is 0 Å². The van der Waals surface area contributed by atoms with E-state index in [1.165, 1.54) is 18.6 Å². The summed E-state index contributed by atoms with van der Waals surface area (Å²) in [5.74, 6) is 1.36. The van der Waals surface area contributed by atoms with Crippen molar-refractivity contribution in [3.05, 3.63) is 35.9 Å². The van der Waals surface area contributed by atoms with Crippen LogP contribution in [0.4, 0.5) is 0 Å². The highest BCUT2D eigenvalue weighted by molar-refractivity contribution is 8.00. The molecule has 2 rings (SSSR count). The highest BCUT2D eigenvalue weighted by Gasteiger charge is 2.30. The van der Waals surface area contributed by atoms with Crippen LogP contribution in [0.2, 0.25) is 0 Å². The molecule has 1 aromatic carbocycles. The first-order chi connectivity index (χ1) is 8.60. The van der Waals surface area contributed by atoms with Gasteiger partial charge in [-0.2, -0.15) is 11.8 Å². The van der Waals surface area contributed by atoms with Gasteiger partial charge in [0.15, 0.2) is 0 Å². The fraction of sp³-hybridized carbons (Fsp3) is 0.533. The second-order valence-electron chi connectivity index (χ2n) is 5.34. The lowest BCUT2D eigenvalue weighted by Crippen LogP contribution is -2.42. The van der Waals surface area contributed by atoms with Crippen LogP contribution in [0, 0.1) is 0 Å². The smallest absolute Gasteiger partial charge is 0.230 e. The van der Waals surface area contributed by atoms with Crippen LogP contribution < -0.4 is 5.32 Å². The molecular formula is C15H21NOS. The molecule has 0 spiro atoms. The number of hydrogen-bond acceptors (Lipinski definition) is 2. The summed E-state index contributed by atoms with van der Waals surface area (Å²) in [4.78, 5) is 12.3. The number of carbonyl (C=O) groups excluding carboxylic acids is 1. The molecule has 1 fully saturated rings. The van der Waals surface area contributed by atoms with E-state index in [0.717, 1.165) is 12.1 Å². The Labute approximate surface area is 114 Å². The Hall–Kier alpha value is -0.960. The van der Waals surface area contributed by atoms with E-state index in [-0.39, 0.29) is 5.91 Å². The maximum atomic E-state index is 12.3. The topological polar surface area (TPSA) is 29.1 Å². The SMILES string of the molecule is CC(C)(C(=O)NC[C@@H]1CCCS1)c1ccccc1. The Morgan fingerprint density at radius 3 is 2.72 bits per heavy atom. The highest BCUT2D eigenvalue weighted by Crippen LogP contribution is 2.26. The number of hydrogen-bond donors (Lipinski definition) is 1. The number of thioether (sulfide) groups is 1. The van der Waals surface area contributed by atoms with Gasteiger partial charge in [-0.05, 0) is 38.0 Å². The molecule has 1 aliphatic heterocycles. The molecule has 0 saturated carbocycles. The van der Waals surface area contributed by atoms with Crippen LogP contribution in [0.5, 0.6) is 0 Å². The molecule has 1 aromatic rings. The van der Waals surface area contributed by atoms with Gasteiger partial charge in [0, 0.05) is 11.8 Å². The number of benzene rings is 1. The standard InChI is InChI=1S/C15H21NOS/c1-15(2,12-7-4-3-5-8-12)14(17)16-11-13-9-6-10-18-13/h3-5,7-8,13H,6,9-11H2,1-2H3,(H,16,17)/t13-/m0/s1. The lowest BCUT2D eigenvalue weighted by Gasteiger charge is -2.25. The molecule has 1 atom stereocenters. The molecule has 98 valence electrons. The molecule has 0 aliphatic carbocycles. The molecule has 0 radical (unpaired) electrons. The minimum Gasteiger partial charge on any atom is -0.354 e. The Morgan fingerprint density at radius 2 is 2.11 bits per heavy atom. The second kappa shape index (κ2) is 5.79. The van der Waals surface area contributed by atoms with Crippen molar-refractivity contribution in [2.45, 2.75) is 37.4 Å². The molecule has 0 unspecified atom stereocenters. The summed E-state index contributed by atoms with van der Waals surface area (Å²) in [6, 6.07) is 9.98. The molecule has 1 heterocycles. The van der Waals surface area contributed by atoms with Gasteiger partial charge in [-0.1, -0.05) is 30.3 Å². The summed E-state index contributed by atoms with van der Waals surface area (Å²) in [5.41, 5.74) is 0.617. The van der Waals surface area contributed by atoms with Crippen LogP contribution in [0.1, 0.15) is 32.3 Å². The average Bonchev–Trinajstić information content (AvgIpc) is 2.90. The zero-order valence-electron chi connectivity index (χ0n) is 11.1. The molecule has 1 N–H and O–H groups in total. The number of amides is 1. The maximum Gasteiger partial charge on any atom is 0.230 e. The van der Waals surface area contributed by atoms with Crippen molar-refractivity contribution >= 4 is 17.7 Å². The monoisotopic (exact) mass is 263 g/mol. The Bertz CT molecular complexity index is 396. The Kier molecular flexibility index (Phi) is 4.33. The van der Waals surface area contributed by atoms with Gasteiger partial charge < -0.3 is 5.32 Å². The van der Waals surface area contributed by atoms with E-state index in [2.05, 4.69) is 5.32 Å². The number of rotatable bonds is 4. The third-order valence-electron chi connectivity index (χ3n) is 3.58. The fourth-order valence-electron chi connectivity index (χ4n) is 2.22. The van der Waals surface area contributed by atoms with Gasteiger partial charge in [-0.15, -0.1) is 0 Å². The third kappa shape index (κ3) is 3.08. The van der Waals surface area contributed by atoms with Crippen molar-refractivity contribution in [1.82, 2.24) is 5.32 Å². The van der Waals surface area contributed by atoms with E-state index in [0.29, 0.717) is 5.25 Å². The van der Waals surface area contributed by atoms with E-state index >= 15 is 0 Å². The van der Waals surface area contributed by atoms with Gasteiger partial charge in [0.25, 0.3) is 0 Å². The fourth-order valence-corrected chi connectivity index (χ4v) is 3.42. The van der Waals surface area contributed by atoms with Crippen molar-refractivity contribution < 1.29 is 4.79 Å². The minimum absolute atomic E-state index is 0.126. The van der Waals surface area contributed by atoms with Crippen molar-refractivity contribution in [3.63, 3.8) is 0 Å². The Morgan fingerprint density at radius 1 is 1.39 bits per heavy atom. The summed E-state index contributed by atoms with van der Waals surface area (Å²) >= 11 is 1.98. The quantitative estimate of drug-likeness (QED) is 0.905. The summed E-state index contributed by atoms with van der Waals surface area (Å²) in [6.45, 7) is 4.78. The van der Waals surface area contributed by atoms with E-state index in [1.807, 2.05) is 55.9 Å². The third-order valence-corrected chi connectivity index (χ3v) is 4.98. The first-order valence-electron chi connectivity index (χ1n) is 6.56. The van der Waals surface area contributed by atoms with Gasteiger partial charge in [-0.25, -0.2) is 0 Å². The van der Waals surface area contributed by atoms with E-state index < -0.39 is 5.41 Å². The molecule has 0 bridgehead atoms. The molecular weight excluding hydrogens is 242 g/mol. The molecule has 3 heteroatoms. The normalized spacial score (nSPS) is 19.8. The van der Waals surface area contributed by atoms with Crippen LogP contribution in [0.3, 0.4) is 0 Å². The summed E-state index contributed by atoms with van der Waals surface area (Å²) in [5, 5.41) is 3.72. The van der Waals surface area contributed by atoms with Gasteiger partial charge in [-0.3, -0.25) is 4.79 Å². The summed E-state index contributed by atoms with van der Waals surface area (Å²) in [6.07, 6.45) is 2.52. The summed E-state index contributed by atoms with van der Waals surface area (Å²) < 4.78 is 0. The first-order valence-corrected chi connectivity index (χ1v) is 7.61.